The van der Waals surface area contributed by atoms with Crippen LogP contribution in [0.15, 0.2) is 54.6 Å². The maximum atomic E-state index is 13.0. The molecule has 7 heteroatoms. The molecule has 27 heavy (non-hydrogen) atoms. The predicted octanol–water partition coefficient (Wildman–Crippen LogP) is 3.01. The molecule has 2 aromatic carbocycles. The minimum Gasteiger partial charge on any atom is -0.497 e. The van der Waals surface area contributed by atoms with Crippen LogP contribution in [0.25, 0.3) is 11.3 Å². The molecule has 0 amide bonds. The van der Waals surface area contributed by atoms with Crippen LogP contribution < -0.4 is 10.5 Å². The molecule has 0 spiro atoms. The Bertz CT molecular complexity index is 963. The third kappa shape index (κ3) is 3.52. The summed E-state index contributed by atoms with van der Waals surface area (Å²) in [7, 11) is 1.56. The van der Waals surface area contributed by atoms with Crippen molar-refractivity contribution in [3.8, 4) is 17.0 Å². The Balaban J connectivity index is 2.19. The molecule has 0 aliphatic heterocycles. The van der Waals surface area contributed by atoms with Gasteiger partial charge in [0.2, 0.25) is 0 Å². The van der Waals surface area contributed by atoms with Gasteiger partial charge in [0.05, 0.1) is 19.4 Å². The van der Waals surface area contributed by atoms with E-state index < -0.39 is 11.9 Å². The lowest BCUT2D eigenvalue weighted by Gasteiger charge is -2.09. The summed E-state index contributed by atoms with van der Waals surface area (Å²) in [5.41, 5.74) is 7.33. The third-order valence-corrected chi connectivity index (χ3v) is 3.97. The Morgan fingerprint density at radius 1 is 1.07 bits per heavy atom. The number of nitrogen functional groups attached to an aromatic ring is 1. The lowest BCUT2D eigenvalue weighted by molar-refractivity contribution is 0.0528. The molecule has 0 bridgehead atoms. The van der Waals surface area contributed by atoms with Crippen molar-refractivity contribution >= 4 is 17.7 Å². The SMILES string of the molecule is CCOC(=O)c1c(N)nn(C(=O)c2ccccc2)c1-c1ccc(OC)cc1. The van der Waals surface area contributed by atoms with E-state index in [0.29, 0.717) is 16.9 Å². The summed E-state index contributed by atoms with van der Waals surface area (Å²) in [6, 6.07) is 15.6. The summed E-state index contributed by atoms with van der Waals surface area (Å²) in [5.74, 6) is -0.454. The molecule has 0 aliphatic carbocycles. The van der Waals surface area contributed by atoms with Crippen molar-refractivity contribution in [2.75, 3.05) is 19.5 Å². The first-order valence-corrected chi connectivity index (χ1v) is 8.36. The zero-order valence-corrected chi connectivity index (χ0v) is 15.0. The molecule has 0 saturated carbocycles. The zero-order valence-electron chi connectivity index (χ0n) is 15.0. The lowest BCUT2D eigenvalue weighted by atomic mass is 10.1. The van der Waals surface area contributed by atoms with Crippen LogP contribution in [-0.4, -0.2) is 35.4 Å². The Hall–Kier alpha value is -3.61. The Labute approximate surface area is 156 Å². The fraction of sp³-hybridized carbons (Fsp3) is 0.150. The van der Waals surface area contributed by atoms with Crippen LogP contribution in [0.1, 0.15) is 27.6 Å². The summed E-state index contributed by atoms with van der Waals surface area (Å²) in [6.07, 6.45) is 0. The highest BCUT2D eigenvalue weighted by Gasteiger charge is 2.28. The monoisotopic (exact) mass is 365 g/mol. The number of benzene rings is 2. The molecule has 0 saturated heterocycles. The summed E-state index contributed by atoms with van der Waals surface area (Å²) in [4.78, 5) is 25.4. The molecule has 0 radical (unpaired) electrons. The van der Waals surface area contributed by atoms with E-state index in [1.807, 2.05) is 6.07 Å². The van der Waals surface area contributed by atoms with Gasteiger partial charge in [0.1, 0.15) is 11.3 Å². The standard InChI is InChI=1S/C20H19N3O4/c1-3-27-20(25)16-17(13-9-11-15(26-2)12-10-13)23(22-18(16)21)19(24)14-7-5-4-6-8-14/h4-12H,3H2,1-2H3,(H2,21,22). The summed E-state index contributed by atoms with van der Waals surface area (Å²) in [6.45, 7) is 1.87. The van der Waals surface area contributed by atoms with E-state index in [4.69, 9.17) is 15.2 Å². The van der Waals surface area contributed by atoms with Gasteiger partial charge in [0.15, 0.2) is 5.82 Å². The van der Waals surface area contributed by atoms with Crippen molar-refractivity contribution < 1.29 is 19.1 Å². The Morgan fingerprint density at radius 3 is 2.33 bits per heavy atom. The van der Waals surface area contributed by atoms with E-state index in [-0.39, 0.29) is 23.7 Å². The number of esters is 1. The van der Waals surface area contributed by atoms with Gasteiger partial charge in [-0.25, -0.2) is 4.79 Å². The van der Waals surface area contributed by atoms with Crippen molar-refractivity contribution in [1.82, 2.24) is 9.78 Å². The molecule has 7 nitrogen and oxygen atoms in total. The minimum absolute atomic E-state index is 0.0614. The first-order chi connectivity index (χ1) is 13.1. The number of anilines is 1. The van der Waals surface area contributed by atoms with E-state index in [1.165, 1.54) is 0 Å². The quantitative estimate of drug-likeness (QED) is 0.698. The summed E-state index contributed by atoms with van der Waals surface area (Å²) < 4.78 is 11.4. The van der Waals surface area contributed by atoms with Crippen LogP contribution in [0.3, 0.4) is 0 Å². The van der Waals surface area contributed by atoms with Crippen LogP contribution in [0.4, 0.5) is 5.82 Å². The van der Waals surface area contributed by atoms with Gasteiger partial charge in [-0.15, -0.1) is 5.10 Å². The van der Waals surface area contributed by atoms with Gasteiger partial charge in [-0.05, 0) is 43.3 Å². The third-order valence-electron chi connectivity index (χ3n) is 3.97. The summed E-state index contributed by atoms with van der Waals surface area (Å²) >= 11 is 0. The Morgan fingerprint density at radius 2 is 1.74 bits per heavy atom. The van der Waals surface area contributed by atoms with E-state index in [1.54, 1.807) is 62.6 Å². The molecule has 0 fully saturated rings. The maximum Gasteiger partial charge on any atom is 0.344 e. The van der Waals surface area contributed by atoms with Crippen molar-refractivity contribution in [2.24, 2.45) is 0 Å². The second-order valence-corrected chi connectivity index (χ2v) is 5.64. The number of methoxy groups -OCH3 is 1. The second-order valence-electron chi connectivity index (χ2n) is 5.64. The fourth-order valence-corrected chi connectivity index (χ4v) is 2.70. The van der Waals surface area contributed by atoms with Crippen molar-refractivity contribution in [2.45, 2.75) is 6.92 Å². The smallest absolute Gasteiger partial charge is 0.344 e. The second kappa shape index (κ2) is 7.74. The van der Waals surface area contributed by atoms with Crippen molar-refractivity contribution in [1.29, 1.82) is 0 Å². The van der Waals surface area contributed by atoms with Crippen molar-refractivity contribution in [3.63, 3.8) is 0 Å². The highest BCUT2D eigenvalue weighted by atomic mass is 16.5. The predicted molar refractivity (Wildman–Crippen MR) is 101 cm³/mol. The van der Waals surface area contributed by atoms with E-state index in [9.17, 15) is 9.59 Å². The number of carbonyl (C=O) groups is 2. The van der Waals surface area contributed by atoms with E-state index in [2.05, 4.69) is 5.10 Å². The average molecular weight is 365 g/mol. The van der Waals surface area contributed by atoms with Crippen LogP contribution in [0, 0.1) is 0 Å². The number of nitrogens with zero attached hydrogens (tertiary/aromatic N) is 2. The number of carbonyl (C=O) groups excluding carboxylic acids is 2. The van der Waals surface area contributed by atoms with Gasteiger partial charge >= 0.3 is 5.97 Å². The van der Waals surface area contributed by atoms with Gasteiger partial charge in [-0.1, -0.05) is 18.2 Å². The first-order valence-electron chi connectivity index (χ1n) is 8.36. The number of rotatable bonds is 5. The fourth-order valence-electron chi connectivity index (χ4n) is 2.70. The summed E-state index contributed by atoms with van der Waals surface area (Å²) in [5, 5.41) is 4.12. The molecule has 1 heterocycles. The number of hydrogen-bond donors (Lipinski definition) is 1. The molecular formula is C20H19N3O4. The van der Waals surface area contributed by atoms with Gasteiger partial charge in [0.25, 0.3) is 5.91 Å². The normalized spacial score (nSPS) is 10.4. The first kappa shape index (κ1) is 18.2. The molecule has 2 N–H and O–H groups in total. The van der Waals surface area contributed by atoms with Gasteiger partial charge in [-0.2, -0.15) is 4.68 Å². The average Bonchev–Trinajstić information content (AvgIpc) is 3.05. The number of nitrogens with two attached hydrogens (primary N) is 1. The zero-order chi connectivity index (χ0) is 19.4. The lowest BCUT2D eigenvalue weighted by Crippen LogP contribution is -2.16. The minimum atomic E-state index is -0.632. The molecule has 138 valence electrons. The van der Waals surface area contributed by atoms with Gasteiger partial charge in [-0.3, -0.25) is 4.79 Å². The molecule has 1 aromatic heterocycles. The number of aromatic nitrogens is 2. The van der Waals surface area contributed by atoms with Crippen molar-refractivity contribution in [3.05, 3.63) is 65.7 Å². The molecule has 3 rings (SSSR count). The van der Waals surface area contributed by atoms with Crippen LogP contribution in [-0.2, 0) is 4.74 Å². The maximum absolute atomic E-state index is 13.0. The highest BCUT2D eigenvalue weighted by Crippen LogP contribution is 2.30. The number of ether oxygens (including phenoxy) is 2. The Kier molecular flexibility index (Phi) is 5.21. The molecular weight excluding hydrogens is 346 g/mol. The largest absolute Gasteiger partial charge is 0.497 e. The van der Waals surface area contributed by atoms with E-state index >= 15 is 0 Å². The molecule has 3 aromatic rings. The molecule has 0 aliphatic rings. The highest BCUT2D eigenvalue weighted by molar-refractivity contribution is 6.06. The topological polar surface area (TPSA) is 96.4 Å². The van der Waals surface area contributed by atoms with Crippen LogP contribution >= 0.6 is 0 Å². The van der Waals surface area contributed by atoms with Gasteiger partial charge in [0, 0.05) is 11.1 Å². The van der Waals surface area contributed by atoms with Crippen LogP contribution in [0.5, 0.6) is 5.75 Å². The van der Waals surface area contributed by atoms with E-state index in [0.717, 1.165) is 4.68 Å². The molecule has 0 atom stereocenters. The van der Waals surface area contributed by atoms with Gasteiger partial charge < -0.3 is 15.2 Å². The number of hydrogen-bond acceptors (Lipinski definition) is 6. The molecule has 0 unspecified atom stereocenters. The van der Waals surface area contributed by atoms with Crippen LogP contribution in [0.2, 0.25) is 0 Å².